The highest BCUT2D eigenvalue weighted by Gasteiger charge is 2.18. The maximum Gasteiger partial charge on any atom is 0.282 e. The summed E-state index contributed by atoms with van der Waals surface area (Å²) in [5.74, 6) is 0.0908. The molecule has 0 spiro atoms. The number of hydrazone groups is 1. The molecule has 0 saturated carbocycles. The SMILES string of the molecule is COc1ccc(/C=N\NC(=O)c2ccccc2[N+](=O)[O-])c2ccccc12. The van der Waals surface area contributed by atoms with Crippen LogP contribution < -0.4 is 10.2 Å². The zero-order valence-electron chi connectivity index (χ0n) is 13.9. The third kappa shape index (κ3) is 3.36. The number of amides is 1. The number of methoxy groups -OCH3 is 1. The van der Waals surface area contributed by atoms with E-state index < -0.39 is 10.8 Å². The van der Waals surface area contributed by atoms with Crippen LogP contribution in [0, 0.1) is 10.1 Å². The van der Waals surface area contributed by atoms with Crippen LogP contribution in [-0.4, -0.2) is 24.2 Å². The van der Waals surface area contributed by atoms with Crippen molar-refractivity contribution < 1.29 is 14.5 Å². The number of ether oxygens (including phenoxy) is 1. The summed E-state index contributed by atoms with van der Waals surface area (Å²) in [5.41, 5.74) is 2.80. The monoisotopic (exact) mass is 349 g/mol. The van der Waals surface area contributed by atoms with Gasteiger partial charge in [0.05, 0.1) is 18.2 Å². The zero-order valence-corrected chi connectivity index (χ0v) is 13.9. The summed E-state index contributed by atoms with van der Waals surface area (Å²) in [5, 5.41) is 16.8. The van der Waals surface area contributed by atoms with Gasteiger partial charge in [0.1, 0.15) is 11.3 Å². The van der Waals surface area contributed by atoms with E-state index in [4.69, 9.17) is 4.74 Å². The van der Waals surface area contributed by atoms with Crippen molar-refractivity contribution in [1.82, 2.24) is 5.43 Å². The van der Waals surface area contributed by atoms with Gasteiger partial charge in [0.15, 0.2) is 0 Å². The van der Waals surface area contributed by atoms with Gasteiger partial charge in [-0.15, -0.1) is 0 Å². The standard InChI is InChI=1S/C19H15N3O4/c1-26-18-11-10-13(14-6-2-3-7-15(14)18)12-20-21-19(23)16-8-4-5-9-17(16)22(24)25/h2-12H,1H3,(H,21,23)/b20-12-. The molecule has 0 fully saturated rings. The molecule has 0 aliphatic heterocycles. The van der Waals surface area contributed by atoms with Gasteiger partial charge < -0.3 is 4.74 Å². The maximum atomic E-state index is 12.2. The molecule has 1 amide bonds. The van der Waals surface area contributed by atoms with Crippen LogP contribution in [0.25, 0.3) is 10.8 Å². The average Bonchev–Trinajstić information content (AvgIpc) is 2.68. The normalized spacial score (nSPS) is 10.8. The van der Waals surface area contributed by atoms with Crippen molar-refractivity contribution >= 4 is 28.6 Å². The lowest BCUT2D eigenvalue weighted by Gasteiger charge is -2.07. The van der Waals surface area contributed by atoms with E-state index in [2.05, 4.69) is 10.5 Å². The fourth-order valence-electron chi connectivity index (χ4n) is 2.63. The lowest BCUT2D eigenvalue weighted by Crippen LogP contribution is -2.18. The number of benzene rings is 3. The highest BCUT2D eigenvalue weighted by molar-refractivity contribution is 6.03. The van der Waals surface area contributed by atoms with E-state index >= 15 is 0 Å². The van der Waals surface area contributed by atoms with E-state index in [1.165, 1.54) is 24.4 Å². The predicted molar refractivity (Wildman–Crippen MR) is 98.7 cm³/mol. The Morgan fingerprint density at radius 3 is 2.50 bits per heavy atom. The summed E-state index contributed by atoms with van der Waals surface area (Å²) in [6.45, 7) is 0. The molecule has 0 saturated heterocycles. The molecule has 0 aliphatic rings. The highest BCUT2D eigenvalue weighted by Crippen LogP contribution is 2.27. The summed E-state index contributed by atoms with van der Waals surface area (Å²) in [7, 11) is 1.60. The van der Waals surface area contributed by atoms with Gasteiger partial charge in [0, 0.05) is 17.0 Å². The molecule has 0 aromatic heterocycles. The minimum absolute atomic E-state index is 0.0470. The van der Waals surface area contributed by atoms with Crippen molar-refractivity contribution in [2.24, 2.45) is 5.10 Å². The maximum absolute atomic E-state index is 12.2. The first-order valence-corrected chi connectivity index (χ1v) is 7.74. The molecule has 0 heterocycles. The molecule has 7 nitrogen and oxygen atoms in total. The molecular weight excluding hydrogens is 334 g/mol. The van der Waals surface area contributed by atoms with Crippen LogP contribution in [0.3, 0.4) is 0 Å². The molecule has 7 heteroatoms. The molecule has 0 aliphatic carbocycles. The Hall–Kier alpha value is -3.74. The van der Waals surface area contributed by atoms with Crippen LogP contribution >= 0.6 is 0 Å². The molecule has 3 aromatic rings. The number of nitrogens with zero attached hydrogens (tertiary/aromatic N) is 2. The van der Waals surface area contributed by atoms with Gasteiger partial charge in [0.2, 0.25) is 0 Å². The summed E-state index contributed by atoms with van der Waals surface area (Å²) in [6.07, 6.45) is 1.49. The number of rotatable bonds is 5. The number of nitrogens with one attached hydrogen (secondary N) is 1. The number of fused-ring (bicyclic) bond motifs is 1. The number of hydrogen-bond acceptors (Lipinski definition) is 5. The molecule has 0 atom stereocenters. The molecule has 3 rings (SSSR count). The van der Waals surface area contributed by atoms with E-state index in [0.29, 0.717) is 0 Å². The van der Waals surface area contributed by atoms with Gasteiger partial charge in [0.25, 0.3) is 11.6 Å². The molecule has 130 valence electrons. The molecule has 0 unspecified atom stereocenters. The lowest BCUT2D eigenvalue weighted by atomic mass is 10.0. The Labute approximate surface area is 149 Å². The van der Waals surface area contributed by atoms with Gasteiger partial charge in [-0.05, 0) is 23.6 Å². The number of para-hydroxylation sites is 1. The molecule has 3 aromatic carbocycles. The Balaban J connectivity index is 1.85. The third-order valence-corrected chi connectivity index (χ3v) is 3.85. The third-order valence-electron chi connectivity index (χ3n) is 3.85. The van der Waals surface area contributed by atoms with Crippen LogP contribution in [-0.2, 0) is 0 Å². The fourth-order valence-corrected chi connectivity index (χ4v) is 2.63. The number of nitro groups is 1. The average molecular weight is 349 g/mol. The minimum Gasteiger partial charge on any atom is -0.496 e. The van der Waals surface area contributed by atoms with Crippen molar-refractivity contribution in [3.63, 3.8) is 0 Å². The Kier molecular flexibility index (Phi) is 4.89. The number of carbonyl (C=O) groups excluding carboxylic acids is 1. The van der Waals surface area contributed by atoms with E-state index in [0.717, 1.165) is 22.1 Å². The lowest BCUT2D eigenvalue weighted by molar-refractivity contribution is -0.385. The smallest absolute Gasteiger partial charge is 0.282 e. The second-order valence-electron chi connectivity index (χ2n) is 5.38. The van der Waals surface area contributed by atoms with E-state index in [-0.39, 0.29) is 11.3 Å². The highest BCUT2D eigenvalue weighted by atomic mass is 16.6. The molecule has 1 N–H and O–H groups in total. The van der Waals surface area contributed by atoms with Crippen LogP contribution in [0.15, 0.2) is 65.8 Å². The van der Waals surface area contributed by atoms with Gasteiger partial charge in [-0.25, -0.2) is 5.43 Å². The van der Waals surface area contributed by atoms with Crippen molar-refractivity contribution in [1.29, 1.82) is 0 Å². The molecule has 0 radical (unpaired) electrons. The first kappa shape index (κ1) is 17.1. The van der Waals surface area contributed by atoms with E-state index in [9.17, 15) is 14.9 Å². The van der Waals surface area contributed by atoms with Gasteiger partial charge in [-0.2, -0.15) is 5.10 Å². The van der Waals surface area contributed by atoms with Crippen molar-refractivity contribution in [3.05, 3.63) is 81.9 Å². The number of nitro benzene ring substituents is 1. The fraction of sp³-hybridized carbons (Fsp3) is 0.0526. The summed E-state index contributed by atoms with van der Waals surface area (Å²) >= 11 is 0. The molecular formula is C19H15N3O4. The minimum atomic E-state index is -0.647. The summed E-state index contributed by atoms with van der Waals surface area (Å²) in [4.78, 5) is 22.6. The second-order valence-corrected chi connectivity index (χ2v) is 5.38. The van der Waals surface area contributed by atoms with Gasteiger partial charge >= 0.3 is 0 Å². The zero-order chi connectivity index (χ0) is 18.5. The van der Waals surface area contributed by atoms with Crippen molar-refractivity contribution in [2.45, 2.75) is 0 Å². The van der Waals surface area contributed by atoms with E-state index in [1.54, 1.807) is 13.2 Å². The molecule has 0 bridgehead atoms. The first-order chi connectivity index (χ1) is 12.6. The van der Waals surface area contributed by atoms with Crippen LogP contribution in [0.5, 0.6) is 5.75 Å². The Bertz CT molecular complexity index is 1010. The largest absolute Gasteiger partial charge is 0.496 e. The van der Waals surface area contributed by atoms with Crippen molar-refractivity contribution in [2.75, 3.05) is 7.11 Å². The number of carbonyl (C=O) groups is 1. The van der Waals surface area contributed by atoms with Crippen molar-refractivity contribution in [3.8, 4) is 5.75 Å². The van der Waals surface area contributed by atoms with Crippen LogP contribution in [0.2, 0.25) is 0 Å². The second kappa shape index (κ2) is 7.43. The number of hydrogen-bond donors (Lipinski definition) is 1. The van der Waals surface area contributed by atoms with Crippen LogP contribution in [0.1, 0.15) is 15.9 Å². The summed E-state index contributed by atoms with van der Waals surface area (Å²) < 4.78 is 5.34. The summed E-state index contributed by atoms with van der Waals surface area (Å²) in [6, 6.07) is 17.0. The van der Waals surface area contributed by atoms with Crippen LogP contribution in [0.4, 0.5) is 5.69 Å². The molecule has 26 heavy (non-hydrogen) atoms. The topological polar surface area (TPSA) is 93.8 Å². The Morgan fingerprint density at radius 2 is 1.77 bits per heavy atom. The van der Waals surface area contributed by atoms with E-state index in [1.807, 2.05) is 36.4 Å². The first-order valence-electron chi connectivity index (χ1n) is 7.74. The van der Waals surface area contributed by atoms with Gasteiger partial charge in [-0.1, -0.05) is 36.4 Å². The van der Waals surface area contributed by atoms with Gasteiger partial charge in [-0.3, -0.25) is 14.9 Å². The quantitative estimate of drug-likeness (QED) is 0.433. The Morgan fingerprint density at radius 1 is 1.08 bits per heavy atom. The predicted octanol–water partition coefficient (Wildman–Crippen LogP) is 3.52.